The number of hydrogen-bond acceptors (Lipinski definition) is 7. The summed E-state index contributed by atoms with van der Waals surface area (Å²) in [6, 6.07) is 1.92. The molecule has 1 aromatic heterocycles. The molecule has 180 valence electrons. The summed E-state index contributed by atoms with van der Waals surface area (Å²) in [4.78, 5) is 39.7. The van der Waals surface area contributed by atoms with Crippen LogP contribution in [0, 0.1) is 34.0 Å². The van der Waals surface area contributed by atoms with Gasteiger partial charge in [-0.25, -0.2) is 0 Å². The SMILES string of the molecule is COC(=O)CC1C2(C)C(=O)C=CC3(C)C(=O)OC(C32)C2OC3(C)C(c4ccoc4)=CCC3C21C. The van der Waals surface area contributed by atoms with E-state index in [0.29, 0.717) is 0 Å². The fourth-order valence-corrected chi connectivity index (χ4v) is 8.57. The minimum Gasteiger partial charge on any atom is -0.472 e. The molecular weight excluding hydrogens is 436 g/mol. The van der Waals surface area contributed by atoms with Crippen LogP contribution < -0.4 is 0 Å². The molecular formula is C27H30O7. The van der Waals surface area contributed by atoms with Gasteiger partial charge in [0.05, 0.1) is 30.7 Å². The molecule has 6 rings (SSSR count). The Morgan fingerprint density at radius 2 is 1.97 bits per heavy atom. The number of ether oxygens (including phenoxy) is 3. The van der Waals surface area contributed by atoms with E-state index in [1.165, 1.54) is 13.2 Å². The monoisotopic (exact) mass is 466 g/mol. The maximum absolute atomic E-state index is 13.7. The van der Waals surface area contributed by atoms with Crippen molar-refractivity contribution in [1.29, 1.82) is 0 Å². The van der Waals surface area contributed by atoms with Crippen molar-refractivity contribution in [3.05, 3.63) is 42.4 Å². The molecule has 5 aliphatic rings. The van der Waals surface area contributed by atoms with Crippen LogP contribution in [0.2, 0.25) is 0 Å². The van der Waals surface area contributed by atoms with E-state index in [-0.39, 0.29) is 30.1 Å². The van der Waals surface area contributed by atoms with Gasteiger partial charge in [-0.1, -0.05) is 26.0 Å². The zero-order chi connectivity index (χ0) is 24.3. The second-order valence-corrected chi connectivity index (χ2v) is 11.4. The fraction of sp³-hybridized carbons (Fsp3) is 0.593. The number of ketones is 1. The fourth-order valence-electron chi connectivity index (χ4n) is 8.57. The van der Waals surface area contributed by atoms with Gasteiger partial charge in [-0.05, 0) is 43.9 Å². The molecule has 2 saturated heterocycles. The molecule has 9 unspecified atom stereocenters. The Morgan fingerprint density at radius 1 is 1.21 bits per heavy atom. The molecule has 1 aromatic rings. The summed E-state index contributed by atoms with van der Waals surface area (Å²) in [6.45, 7) is 7.95. The van der Waals surface area contributed by atoms with Gasteiger partial charge < -0.3 is 18.6 Å². The Balaban J connectivity index is 1.56. The van der Waals surface area contributed by atoms with Crippen LogP contribution >= 0.6 is 0 Å². The number of methoxy groups -OCH3 is 1. The third-order valence-electron chi connectivity index (χ3n) is 10.1. The Bertz CT molecular complexity index is 1160. The maximum atomic E-state index is 13.7. The molecule has 0 spiro atoms. The van der Waals surface area contributed by atoms with Gasteiger partial charge >= 0.3 is 11.9 Å². The Hall–Kier alpha value is -2.67. The van der Waals surface area contributed by atoms with Crippen LogP contribution in [0.1, 0.15) is 46.1 Å². The number of carbonyl (C=O) groups is 3. The molecule has 0 N–H and O–H groups in total. The zero-order valence-electron chi connectivity index (χ0n) is 20.1. The minimum absolute atomic E-state index is 0.0217. The van der Waals surface area contributed by atoms with Gasteiger partial charge in [-0.2, -0.15) is 0 Å². The lowest BCUT2D eigenvalue weighted by Crippen LogP contribution is -2.67. The number of rotatable bonds is 3. The molecule has 7 heteroatoms. The van der Waals surface area contributed by atoms with Crippen molar-refractivity contribution in [1.82, 2.24) is 0 Å². The quantitative estimate of drug-likeness (QED) is 0.627. The largest absolute Gasteiger partial charge is 0.472 e. The third kappa shape index (κ3) is 2.25. The van der Waals surface area contributed by atoms with E-state index < -0.39 is 45.9 Å². The molecule has 3 fully saturated rings. The molecule has 9 atom stereocenters. The standard InChI is InChI=1S/C27H30O7/c1-24-10-8-18(28)26(3)17(12-19(29)31-5)25(2)16-7-6-15(14-9-11-32-13-14)27(16,4)34-22(25)20(21(24)26)33-23(24)30/h6,8-11,13,16-17,20-22H,7,12H2,1-5H3. The van der Waals surface area contributed by atoms with Crippen molar-refractivity contribution in [2.24, 2.45) is 34.0 Å². The van der Waals surface area contributed by atoms with E-state index in [4.69, 9.17) is 18.6 Å². The Labute approximate surface area is 198 Å². The lowest BCUT2D eigenvalue weighted by Gasteiger charge is -2.60. The van der Waals surface area contributed by atoms with E-state index in [1.807, 2.05) is 19.9 Å². The van der Waals surface area contributed by atoms with Crippen molar-refractivity contribution in [3.8, 4) is 0 Å². The maximum Gasteiger partial charge on any atom is 0.316 e. The third-order valence-corrected chi connectivity index (χ3v) is 10.1. The van der Waals surface area contributed by atoms with Gasteiger partial charge in [0, 0.05) is 34.7 Å². The lowest BCUT2D eigenvalue weighted by atomic mass is 9.41. The van der Waals surface area contributed by atoms with Gasteiger partial charge in [-0.15, -0.1) is 0 Å². The normalized spacial score (nSPS) is 48.1. The lowest BCUT2D eigenvalue weighted by molar-refractivity contribution is -0.196. The molecule has 2 aliphatic heterocycles. The van der Waals surface area contributed by atoms with Crippen molar-refractivity contribution < 1.29 is 33.0 Å². The smallest absolute Gasteiger partial charge is 0.316 e. The van der Waals surface area contributed by atoms with Crippen LogP contribution in [0.5, 0.6) is 0 Å². The molecule has 34 heavy (non-hydrogen) atoms. The average molecular weight is 467 g/mol. The first-order valence-electron chi connectivity index (χ1n) is 12.0. The molecule has 0 bridgehead atoms. The summed E-state index contributed by atoms with van der Waals surface area (Å²) < 4.78 is 23.5. The van der Waals surface area contributed by atoms with Crippen LogP contribution in [-0.2, 0) is 28.6 Å². The van der Waals surface area contributed by atoms with Crippen LogP contribution in [-0.4, -0.2) is 42.6 Å². The van der Waals surface area contributed by atoms with Crippen molar-refractivity contribution in [2.45, 2.75) is 58.3 Å². The average Bonchev–Trinajstić information content (AvgIpc) is 3.53. The van der Waals surface area contributed by atoms with Gasteiger partial charge in [0.1, 0.15) is 12.2 Å². The predicted octanol–water partition coefficient (Wildman–Crippen LogP) is 3.73. The van der Waals surface area contributed by atoms with Crippen LogP contribution in [0.15, 0.2) is 41.2 Å². The summed E-state index contributed by atoms with van der Waals surface area (Å²) in [6.07, 6.45) is 8.49. The molecule has 7 nitrogen and oxygen atoms in total. The van der Waals surface area contributed by atoms with E-state index in [1.54, 1.807) is 18.6 Å². The molecule has 0 aromatic carbocycles. The number of esters is 2. The highest BCUT2D eigenvalue weighted by atomic mass is 16.6. The van der Waals surface area contributed by atoms with Crippen molar-refractivity contribution in [2.75, 3.05) is 7.11 Å². The molecule has 3 heterocycles. The van der Waals surface area contributed by atoms with E-state index in [0.717, 1.165) is 17.6 Å². The summed E-state index contributed by atoms with van der Waals surface area (Å²) in [7, 11) is 1.37. The first kappa shape index (κ1) is 21.8. The summed E-state index contributed by atoms with van der Waals surface area (Å²) in [5.41, 5.74) is -1.24. The first-order chi connectivity index (χ1) is 16.0. The van der Waals surface area contributed by atoms with Crippen molar-refractivity contribution >= 4 is 23.3 Å². The number of furan rings is 1. The van der Waals surface area contributed by atoms with E-state index >= 15 is 0 Å². The Kier molecular flexibility index (Phi) is 4.18. The van der Waals surface area contributed by atoms with E-state index in [9.17, 15) is 14.4 Å². The molecule has 3 aliphatic carbocycles. The second-order valence-electron chi connectivity index (χ2n) is 11.4. The number of carbonyl (C=O) groups excluding carboxylic acids is 3. The van der Waals surface area contributed by atoms with Crippen molar-refractivity contribution in [3.63, 3.8) is 0 Å². The number of hydrogen-bond donors (Lipinski definition) is 0. The van der Waals surface area contributed by atoms with E-state index in [2.05, 4.69) is 19.9 Å². The first-order valence-corrected chi connectivity index (χ1v) is 12.0. The summed E-state index contributed by atoms with van der Waals surface area (Å²) in [5.74, 6) is -1.62. The van der Waals surface area contributed by atoms with Crippen LogP contribution in [0.4, 0.5) is 0 Å². The predicted molar refractivity (Wildman–Crippen MR) is 120 cm³/mol. The van der Waals surface area contributed by atoms with Gasteiger partial charge in [0.15, 0.2) is 5.78 Å². The van der Waals surface area contributed by atoms with Gasteiger partial charge in [0.2, 0.25) is 0 Å². The highest BCUT2D eigenvalue weighted by Crippen LogP contribution is 2.73. The van der Waals surface area contributed by atoms with Crippen LogP contribution in [0.3, 0.4) is 0 Å². The summed E-state index contributed by atoms with van der Waals surface area (Å²) in [5, 5.41) is 0. The number of fused-ring (bicyclic) bond motifs is 4. The minimum atomic E-state index is -0.979. The Morgan fingerprint density at radius 3 is 2.65 bits per heavy atom. The van der Waals surface area contributed by atoms with Gasteiger partial charge in [-0.3, -0.25) is 14.4 Å². The van der Waals surface area contributed by atoms with Gasteiger partial charge in [0.25, 0.3) is 0 Å². The number of allylic oxidation sites excluding steroid dienone is 2. The van der Waals surface area contributed by atoms with Crippen LogP contribution in [0.25, 0.3) is 5.57 Å². The molecule has 0 amide bonds. The topological polar surface area (TPSA) is 92.0 Å². The highest BCUT2D eigenvalue weighted by Gasteiger charge is 2.80. The zero-order valence-corrected chi connectivity index (χ0v) is 20.1. The summed E-state index contributed by atoms with van der Waals surface area (Å²) >= 11 is 0. The molecule has 1 saturated carbocycles. The second kappa shape index (κ2) is 6.51. The molecule has 0 radical (unpaired) electrons. The highest BCUT2D eigenvalue weighted by molar-refractivity contribution is 6.00.